The number of hydrogen-bond donors (Lipinski definition) is 2. The summed E-state index contributed by atoms with van der Waals surface area (Å²) in [5.41, 5.74) is 3.11. The number of rotatable bonds is 5. The number of benzene rings is 1. The van der Waals surface area contributed by atoms with E-state index in [1.807, 2.05) is 42.2 Å². The van der Waals surface area contributed by atoms with E-state index in [-0.39, 0.29) is 17.7 Å². The van der Waals surface area contributed by atoms with Crippen LogP contribution in [0.5, 0.6) is 0 Å². The van der Waals surface area contributed by atoms with E-state index in [1.165, 1.54) is 12.8 Å². The third-order valence-electron chi connectivity index (χ3n) is 5.84. The summed E-state index contributed by atoms with van der Waals surface area (Å²) in [5.74, 6) is 0.276. The van der Waals surface area contributed by atoms with Crippen molar-refractivity contribution in [3.63, 3.8) is 0 Å². The summed E-state index contributed by atoms with van der Waals surface area (Å²) in [4.78, 5) is 26.9. The Morgan fingerprint density at radius 2 is 2.00 bits per heavy atom. The van der Waals surface area contributed by atoms with Crippen molar-refractivity contribution >= 4 is 11.8 Å². The van der Waals surface area contributed by atoms with Crippen LogP contribution in [0.4, 0.5) is 0 Å². The minimum absolute atomic E-state index is 0.158. The fraction of sp³-hybridized carbons (Fsp3) is 0.476. The first kappa shape index (κ1) is 17.8. The minimum Gasteiger partial charge on any atom is -0.350 e. The van der Waals surface area contributed by atoms with Crippen LogP contribution >= 0.6 is 0 Å². The molecule has 0 spiro atoms. The van der Waals surface area contributed by atoms with Crippen molar-refractivity contribution in [1.29, 1.82) is 0 Å². The largest absolute Gasteiger partial charge is 0.350 e. The van der Waals surface area contributed by atoms with Crippen molar-refractivity contribution in [3.8, 4) is 11.3 Å². The first-order chi connectivity index (χ1) is 13.1. The monoisotopic (exact) mass is 366 g/mol. The lowest BCUT2D eigenvalue weighted by Gasteiger charge is -2.24. The molecule has 6 heteroatoms. The van der Waals surface area contributed by atoms with Crippen molar-refractivity contribution in [2.24, 2.45) is 5.92 Å². The van der Waals surface area contributed by atoms with E-state index in [4.69, 9.17) is 0 Å². The van der Waals surface area contributed by atoms with Crippen molar-refractivity contribution in [1.82, 2.24) is 20.4 Å². The molecule has 27 heavy (non-hydrogen) atoms. The number of nitrogens with one attached hydrogen (secondary N) is 2. The summed E-state index contributed by atoms with van der Waals surface area (Å²) in [6.07, 6.45) is 5.23. The third-order valence-corrected chi connectivity index (χ3v) is 5.84. The standard InChI is InChI=1S/C21H26N4O2/c1-14-19(16-7-3-2-4-8-16)23-24-20(14)21(27)22-12-15-11-18(26)25(13-15)17-9-5-6-10-17/h2-4,7-8,15,17H,5-6,9-13H2,1H3,(H,22,27)(H,23,24)/t15-/m0/s1. The maximum atomic E-state index is 12.6. The lowest BCUT2D eigenvalue weighted by molar-refractivity contribution is -0.129. The molecule has 142 valence electrons. The molecule has 2 amide bonds. The van der Waals surface area contributed by atoms with E-state index in [9.17, 15) is 9.59 Å². The predicted molar refractivity (Wildman–Crippen MR) is 103 cm³/mol. The van der Waals surface area contributed by atoms with E-state index in [0.717, 1.165) is 36.2 Å². The molecule has 0 bridgehead atoms. The van der Waals surface area contributed by atoms with Crippen LogP contribution < -0.4 is 5.32 Å². The fourth-order valence-electron chi connectivity index (χ4n) is 4.34. The number of carbonyl (C=O) groups excluding carboxylic acids is 2. The van der Waals surface area contributed by atoms with Crippen LogP contribution in [0.25, 0.3) is 11.3 Å². The molecule has 1 aromatic heterocycles. The summed E-state index contributed by atoms with van der Waals surface area (Å²) in [6, 6.07) is 10.2. The number of nitrogens with zero attached hydrogens (tertiary/aromatic N) is 2. The molecule has 0 radical (unpaired) electrons. The maximum Gasteiger partial charge on any atom is 0.269 e. The highest BCUT2D eigenvalue weighted by Crippen LogP contribution is 2.29. The molecule has 1 saturated heterocycles. The van der Waals surface area contributed by atoms with Gasteiger partial charge in [-0.05, 0) is 19.8 Å². The first-order valence-corrected chi connectivity index (χ1v) is 9.81. The number of amides is 2. The van der Waals surface area contributed by atoms with Gasteiger partial charge in [0.05, 0.1) is 5.69 Å². The van der Waals surface area contributed by atoms with Crippen molar-refractivity contribution in [2.45, 2.75) is 45.1 Å². The van der Waals surface area contributed by atoms with Gasteiger partial charge in [-0.25, -0.2) is 0 Å². The van der Waals surface area contributed by atoms with Gasteiger partial charge >= 0.3 is 0 Å². The molecule has 4 rings (SSSR count). The Morgan fingerprint density at radius 1 is 1.26 bits per heavy atom. The van der Waals surface area contributed by atoms with Crippen molar-refractivity contribution in [2.75, 3.05) is 13.1 Å². The lowest BCUT2D eigenvalue weighted by Crippen LogP contribution is -2.36. The van der Waals surface area contributed by atoms with Crippen LogP contribution in [0.2, 0.25) is 0 Å². The number of carbonyl (C=O) groups is 2. The van der Waals surface area contributed by atoms with Crippen LogP contribution in [-0.2, 0) is 4.79 Å². The molecule has 2 fully saturated rings. The molecule has 1 aliphatic carbocycles. The molecule has 1 aromatic carbocycles. The Bertz CT molecular complexity index is 824. The van der Waals surface area contributed by atoms with Gasteiger partial charge in [0.15, 0.2) is 0 Å². The van der Waals surface area contributed by atoms with Gasteiger partial charge in [-0.2, -0.15) is 5.10 Å². The van der Waals surface area contributed by atoms with Crippen LogP contribution in [0.1, 0.15) is 48.2 Å². The molecule has 2 aliphatic rings. The van der Waals surface area contributed by atoms with Gasteiger partial charge in [0.2, 0.25) is 5.91 Å². The van der Waals surface area contributed by atoms with Crippen LogP contribution in [0, 0.1) is 12.8 Å². The normalized spacial score (nSPS) is 20.4. The molecule has 2 aromatic rings. The van der Waals surface area contributed by atoms with E-state index < -0.39 is 0 Å². The summed E-state index contributed by atoms with van der Waals surface area (Å²) < 4.78 is 0. The van der Waals surface area contributed by atoms with E-state index in [1.54, 1.807) is 0 Å². The van der Waals surface area contributed by atoms with Gasteiger partial charge in [0.25, 0.3) is 5.91 Å². The number of aromatic amines is 1. The number of likely N-dealkylation sites (tertiary alicyclic amines) is 1. The highest BCUT2D eigenvalue weighted by atomic mass is 16.2. The van der Waals surface area contributed by atoms with Gasteiger partial charge in [-0.3, -0.25) is 14.7 Å². The zero-order valence-electron chi connectivity index (χ0n) is 15.7. The molecule has 1 saturated carbocycles. The Morgan fingerprint density at radius 3 is 2.74 bits per heavy atom. The minimum atomic E-state index is -0.158. The SMILES string of the molecule is Cc1c(-c2ccccc2)n[nH]c1C(=O)NC[C@@H]1CC(=O)N(C2CCCC2)C1. The van der Waals surface area contributed by atoms with Crippen LogP contribution in [-0.4, -0.2) is 46.0 Å². The van der Waals surface area contributed by atoms with E-state index >= 15 is 0 Å². The Balaban J connectivity index is 1.36. The summed E-state index contributed by atoms with van der Waals surface area (Å²) in [6.45, 7) is 3.19. The van der Waals surface area contributed by atoms with Crippen LogP contribution in [0.15, 0.2) is 30.3 Å². The van der Waals surface area contributed by atoms with Gasteiger partial charge in [-0.1, -0.05) is 43.2 Å². The first-order valence-electron chi connectivity index (χ1n) is 9.81. The molecule has 2 N–H and O–H groups in total. The molecular formula is C21H26N4O2. The lowest BCUT2D eigenvalue weighted by atomic mass is 10.1. The molecular weight excluding hydrogens is 340 g/mol. The predicted octanol–water partition coefficient (Wildman–Crippen LogP) is 2.91. The van der Waals surface area contributed by atoms with E-state index in [0.29, 0.717) is 24.7 Å². The maximum absolute atomic E-state index is 12.6. The zero-order valence-corrected chi connectivity index (χ0v) is 15.7. The van der Waals surface area contributed by atoms with Gasteiger partial charge in [0.1, 0.15) is 5.69 Å². The van der Waals surface area contributed by atoms with Gasteiger partial charge in [0, 0.05) is 42.6 Å². The molecule has 6 nitrogen and oxygen atoms in total. The van der Waals surface area contributed by atoms with Gasteiger partial charge in [-0.15, -0.1) is 0 Å². The second kappa shape index (κ2) is 7.55. The van der Waals surface area contributed by atoms with Crippen molar-refractivity contribution in [3.05, 3.63) is 41.6 Å². The van der Waals surface area contributed by atoms with Crippen LogP contribution in [0.3, 0.4) is 0 Å². The second-order valence-corrected chi connectivity index (χ2v) is 7.70. The molecule has 0 unspecified atom stereocenters. The molecule has 2 heterocycles. The smallest absolute Gasteiger partial charge is 0.269 e. The fourth-order valence-corrected chi connectivity index (χ4v) is 4.34. The quantitative estimate of drug-likeness (QED) is 0.854. The summed E-state index contributed by atoms with van der Waals surface area (Å²) in [7, 11) is 0. The molecule has 1 aliphatic heterocycles. The average Bonchev–Trinajstić information content (AvgIpc) is 3.40. The third kappa shape index (κ3) is 3.61. The second-order valence-electron chi connectivity index (χ2n) is 7.70. The average molecular weight is 366 g/mol. The van der Waals surface area contributed by atoms with Crippen molar-refractivity contribution < 1.29 is 9.59 Å². The number of aromatic nitrogens is 2. The summed E-state index contributed by atoms with van der Waals surface area (Å²) in [5, 5.41) is 10.2. The summed E-state index contributed by atoms with van der Waals surface area (Å²) >= 11 is 0. The Kier molecular flexibility index (Phi) is 4.97. The zero-order chi connectivity index (χ0) is 18.8. The molecule has 1 atom stereocenters. The topological polar surface area (TPSA) is 78.1 Å². The highest BCUT2D eigenvalue weighted by molar-refractivity contribution is 5.95. The Labute approximate surface area is 159 Å². The number of H-pyrrole nitrogens is 1. The highest BCUT2D eigenvalue weighted by Gasteiger charge is 2.35. The number of hydrogen-bond acceptors (Lipinski definition) is 3. The Hall–Kier alpha value is -2.63. The van der Waals surface area contributed by atoms with E-state index in [2.05, 4.69) is 15.5 Å². The van der Waals surface area contributed by atoms with Gasteiger partial charge < -0.3 is 10.2 Å².